The van der Waals surface area contributed by atoms with E-state index >= 15 is 0 Å². The van der Waals surface area contributed by atoms with E-state index in [9.17, 15) is 5.11 Å². The maximum absolute atomic E-state index is 12.3. The fourth-order valence-corrected chi connectivity index (χ4v) is 7.94. The quantitative estimate of drug-likeness (QED) is 0.599. The van der Waals surface area contributed by atoms with Crippen molar-refractivity contribution in [2.75, 3.05) is 0 Å². The SMILES string of the molecule is CCCCC1OC1(C1(O)c2ccccc2-c2ccccc21)[Si](C)(C)C. The smallest absolute Gasteiger partial charge is 0.144 e. The van der Waals surface area contributed by atoms with Gasteiger partial charge in [0.2, 0.25) is 0 Å². The molecule has 3 heteroatoms. The molecule has 2 nitrogen and oxygen atoms in total. The lowest BCUT2D eigenvalue weighted by Gasteiger charge is -2.40. The maximum Gasteiger partial charge on any atom is 0.144 e. The van der Waals surface area contributed by atoms with Gasteiger partial charge in [-0.2, -0.15) is 0 Å². The average molecular weight is 353 g/mol. The molecule has 2 aromatic carbocycles. The minimum Gasteiger partial charge on any atom is -0.378 e. The van der Waals surface area contributed by atoms with Crippen molar-refractivity contribution in [2.45, 2.75) is 62.8 Å². The number of unbranched alkanes of at least 4 members (excludes halogenated alkanes) is 1. The number of hydrogen-bond donors (Lipinski definition) is 1. The molecule has 2 unspecified atom stereocenters. The molecule has 0 spiro atoms. The summed E-state index contributed by atoms with van der Waals surface area (Å²) in [5.41, 5.74) is 3.32. The van der Waals surface area contributed by atoms with E-state index in [0.717, 1.165) is 41.5 Å². The summed E-state index contributed by atoms with van der Waals surface area (Å²) in [4.78, 5) is 0. The van der Waals surface area contributed by atoms with Gasteiger partial charge in [0.15, 0.2) is 0 Å². The van der Waals surface area contributed by atoms with Crippen LogP contribution in [-0.4, -0.2) is 24.5 Å². The topological polar surface area (TPSA) is 32.8 Å². The van der Waals surface area contributed by atoms with Gasteiger partial charge in [-0.3, -0.25) is 0 Å². The first kappa shape index (κ1) is 17.0. The Bertz CT molecular complexity index is 762. The Morgan fingerprint density at radius 2 is 1.48 bits per heavy atom. The van der Waals surface area contributed by atoms with Gasteiger partial charge in [-0.05, 0) is 28.7 Å². The maximum atomic E-state index is 12.3. The largest absolute Gasteiger partial charge is 0.378 e. The van der Waals surface area contributed by atoms with Crippen LogP contribution in [0.1, 0.15) is 37.3 Å². The third-order valence-corrected chi connectivity index (χ3v) is 9.15. The third kappa shape index (κ3) is 2.09. The molecule has 2 aromatic rings. The Hall–Kier alpha value is -1.42. The summed E-state index contributed by atoms with van der Waals surface area (Å²) in [6.07, 6.45) is 3.50. The van der Waals surface area contributed by atoms with Gasteiger partial charge in [-0.25, -0.2) is 0 Å². The molecule has 0 radical (unpaired) electrons. The van der Waals surface area contributed by atoms with E-state index in [2.05, 4.69) is 63.0 Å². The van der Waals surface area contributed by atoms with Crippen LogP contribution in [-0.2, 0) is 10.3 Å². The van der Waals surface area contributed by atoms with Crippen LogP contribution in [0.3, 0.4) is 0 Å². The number of benzene rings is 2. The zero-order chi connectivity index (χ0) is 17.9. The van der Waals surface area contributed by atoms with Crippen LogP contribution >= 0.6 is 0 Å². The first-order chi connectivity index (χ1) is 11.9. The number of aliphatic hydroxyl groups is 1. The Balaban J connectivity index is 1.94. The van der Waals surface area contributed by atoms with Crippen LogP contribution in [0.5, 0.6) is 0 Å². The molecular weight excluding hydrogens is 324 g/mol. The van der Waals surface area contributed by atoms with Gasteiger partial charge in [0.25, 0.3) is 0 Å². The van der Waals surface area contributed by atoms with Crippen molar-refractivity contribution in [3.63, 3.8) is 0 Å². The van der Waals surface area contributed by atoms with Crippen molar-refractivity contribution in [1.29, 1.82) is 0 Å². The van der Waals surface area contributed by atoms with E-state index < -0.39 is 18.9 Å². The van der Waals surface area contributed by atoms with Crippen LogP contribution < -0.4 is 0 Å². The van der Waals surface area contributed by atoms with Crippen LogP contribution in [0, 0.1) is 0 Å². The molecule has 0 bridgehead atoms. The van der Waals surface area contributed by atoms with Gasteiger partial charge in [0, 0.05) is 0 Å². The molecule has 1 fully saturated rings. The van der Waals surface area contributed by atoms with Crippen LogP contribution in [0.2, 0.25) is 19.6 Å². The molecule has 0 saturated carbocycles. The summed E-state index contributed by atoms with van der Waals surface area (Å²) in [5, 5.41) is 11.9. The van der Waals surface area contributed by atoms with Gasteiger partial charge < -0.3 is 9.84 Å². The summed E-state index contributed by atoms with van der Waals surface area (Å²) in [6, 6.07) is 16.6. The highest BCUT2D eigenvalue weighted by atomic mass is 28.3. The number of fused-ring (bicyclic) bond motifs is 3. The predicted octanol–water partition coefficient (Wildman–Crippen LogP) is 5.11. The lowest BCUT2D eigenvalue weighted by Crippen LogP contribution is -2.58. The second-order valence-electron chi connectivity index (χ2n) is 8.54. The summed E-state index contributed by atoms with van der Waals surface area (Å²) < 4.78 is 6.48. The lowest BCUT2D eigenvalue weighted by atomic mass is 9.85. The fourth-order valence-electron chi connectivity index (χ4n) is 4.97. The molecule has 4 rings (SSSR count). The first-order valence-electron chi connectivity index (χ1n) is 9.47. The summed E-state index contributed by atoms with van der Waals surface area (Å²) in [6.45, 7) is 9.22. The van der Waals surface area contributed by atoms with E-state index in [4.69, 9.17) is 4.74 Å². The predicted molar refractivity (Wildman–Crippen MR) is 105 cm³/mol. The third-order valence-electron chi connectivity index (χ3n) is 6.12. The normalized spacial score (nSPS) is 26.2. The van der Waals surface area contributed by atoms with Crippen LogP contribution in [0.15, 0.2) is 48.5 Å². The molecule has 25 heavy (non-hydrogen) atoms. The zero-order valence-corrected chi connectivity index (χ0v) is 16.7. The Kier molecular flexibility index (Phi) is 3.77. The Labute approximate surface area is 151 Å². The highest BCUT2D eigenvalue weighted by molar-refractivity contribution is 6.80. The molecule has 1 aliphatic carbocycles. The second kappa shape index (κ2) is 5.54. The average Bonchev–Trinajstić information content (AvgIpc) is 3.30. The molecule has 2 atom stereocenters. The van der Waals surface area contributed by atoms with Gasteiger partial charge >= 0.3 is 0 Å². The Morgan fingerprint density at radius 1 is 0.960 bits per heavy atom. The van der Waals surface area contributed by atoms with Crippen molar-refractivity contribution in [2.24, 2.45) is 0 Å². The number of rotatable bonds is 5. The number of hydrogen-bond acceptors (Lipinski definition) is 2. The molecular formula is C22H28O2Si. The highest BCUT2D eigenvalue weighted by Gasteiger charge is 2.76. The summed E-state index contributed by atoms with van der Waals surface area (Å²) in [5.74, 6) is 0. The van der Waals surface area contributed by atoms with E-state index in [1.807, 2.05) is 12.1 Å². The van der Waals surface area contributed by atoms with Crippen LogP contribution in [0.4, 0.5) is 0 Å². The number of epoxide rings is 1. The van der Waals surface area contributed by atoms with Gasteiger partial charge in [-0.1, -0.05) is 87.9 Å². The van der Waals surface area contributed by atoms with Crippen molar-refractivity contribution in [3.8, 4) is 11.1 Å². The summed E-state index contributed by atoms with van der Waals surface area (Å²) in [7, 11) is -1.83. The second-order valence-corrected chi connectivity index (χ2v) is 13.8. The molecule has 0 aromatic heterocycles. The molecule has 2 aliphatic rings. The van der Waals surface area contributed by atoms with Crippen molar-refractivity contribution in [1.82, 2.24) is 0 Å². The van der Waals surface area contributed by atoms with Gasteiger partial charge in [-0.15, -0.1) is 0 Å². The van der Waals surface area contributed by atoms with E-state index in [0.29, 0.717) is 0 Å². The van der Waals surface area contributed by atoms with E-state index in [-0.39, 0.29) is 6.10 Å². The van der Waals surface area contributed by atoms with Crippen molar-refractivity contribution >= 4 is 8.07 Å². The van der Waals surface area contributed by atoms with Crippen LogP contribution in [0.25, 0.3) is 11.1 Å². The van der Waals surface area contributed by atoms with Gasteiger partial charge in [0.05, 0.1) is 14.2 Å². The first-order valence-corrected chi connectivity index (χ1v) is 13.0. The van der Waals surface area contributed by atoms with E-state index in [1.54, 1.807) is 0 Å². The zero-order valence-electron chi connectivity index (χ0n) is 15.7. The highest BCUT2D eigenvalue weighted by Crippen LogP contribution is 2.64. The van der Waals surface area contributed by atoms with E-state index in [1.165, 1.54) is 0 Å². The number of ether oxygens (including phenoxy) is 1. The molecule has 1 aliphatic heterocycles. The molecule has 1 heterocycles. The molecule has 0 amide bonds. The standard InChI is InChI=1S/C22H28O2Si/c1-5-6-15-20-22(24-20,25(2,3)4)21(23)18-13-9-7-11-16(18)17-12-8-10-14-19(17)21/h7-14,20,23H,5-6,15H2,1-4H3. The van der Waals surface area contributed by atoms with Crippen molar-refractivity contribution in [3.05, 3.63) is 59.7 Å². The lowest BCUT2D eigenvalue weighted by molar-refractivity contribution is 0.0290. The van der Waals surface area contributed by atoms with Gasteiger partial charge in [0.1, 0.15) is 10.8 Å². The molecule has 1 N–H and O–H groups in total. The minimum absolute atomic E-state index is 0.156. The monoisotopic (exact) mass is 352 g/mol. The molecule has 1 saturated heterocycles. The summed E-state index contributed by atoms with van der Waals surface area (Å²) >= 11 is 0. The Morgan fingerprint density at radius 3 is 1.96 bits per heavy atom. The fraction of sp³-hybridized carbons (Fsp3) is 0.455. The minimum atomic E-state index is -1.83. The molecule has 132 valence electrons. The van der Waals surface area contributed by atoms with Crippen molar-refractivity contribution < 1.29 is 9.84 Å².